The van der Waals surface area contributed by atoms with E-state index in [1.165, 1.54) is 6.08 Å². The van der Waals surface area contributed by atoms with Crippen LogP contribution in [0.5, 0.6) is 5.75 Å². The molecule has 2 N–H and O–H groups in total. The lowest BCUT2D eigenvalue weighted by Gasteiger charge is -2.16. The number of benzene rings is 1. The van der Waals surface area contributed by atoms with E-state index in [-0.39, 0.29) is 10.7 Å². The minimum Gasteiger partial charge on any atom is -0.493 e. The van der Waals surface area contributed by atoms with Crippen LogP contribution in [-0.2, 0) is 9.59 Å². The molecule has 2 rings (SSSR count). The zero-order chi connectivity index (χ0) is 14.5. The average Bonchev–Trinajstić information content (AvgIpc) is 2.41. The van der Waals surface area contributed by atoms with Gasteiger partial charge in [-0.3, -0.25) is 20.2 Å². The van der Waals surface area contributed by atoms with Crippen LogP contribution in [0.1, 0.15) is 18.9 Å². The first-order valence-corrected chi connectivity index (χ1v) is 6.63. The summed E-state index contributed by atoms with van der Waals surface area (Å²) in [5.74, 6) is -0.385. The summed E-state index contributed by atoms with van der Waals surface area (Å²) >= 11 is 4.74. The molecule has 1 aliphatic rings. The third-order valence-electron chi connectivity index (χ3n) is 2.62. The van der Waals surface area contributed by atoms with E-state index in [4.69, 9.17) is 17.0 Å². The van der Waals surface area contributed by atoms with Crippen molar-refractivity contribution >= 4 is 35.2 Å². The molecule has 0 aromatic heterocycles. The third-order valence-corrected chi connectivity index (χ3v) is 2.83. The molecule has 0 saturated carbocycles. The van der Waals surface area contributed by atoms with Crippen LogP contribution in [0.25, 0.3) is 6.08 Å². The molecule has 6 heteroatoms. The number of carbonyl (C=O) groups excluding carboxylic acids is 2. The molecule has 5 nitrogen and oxygen atoms in total. The van der Waals surface area contributed by atoms with Gasteiger partial charge in [0, 0.05) is 5.56 Å². The molecule has 104 valence electrons. The highest BCUT2D eigenvalue weighted by Crippen LogP contribution is 2.21. The van der Waals surface area contributed by atoms with Crippen LogP contribution in [0.3, 0.4) is 0 Å². The predicted octanol–water partition coefficient (Wildman–Crippen LogP) is 1.39. The van der Waals surface area contributed by atoms with Gasteiger partial charge in [0.1, 0.15) is 11.3 Å². The fraction of sp³-hybridized carbons (Fsp3) is 0.214. The monoisotopic (exact) mass is 290 g/mol. The van der Waals surface area contributed by atoms with E-state index in [0.717, 1.165) is 6.42 Å². The van der Waals surface area contributed by atoms with Crippen molar-refractivity contribution in [1.29, 1.82) is 0 Å². The summed E-state index contributed by atoms with van der Waals surface area (Å²) in [5.41, 5.74) is 0.681. The molecule has 0 spiro atoms. The van der Waals surface area contributed by atoms with Crippen molar-refractivity contribution in [3.8, 4) is 5.75 Å². The normalized spacial score (nSPS) is 14.7. The number of para-hydroxylation sites is 1. The van der Waals surface area contributed by atoms with Gasteiger partial charge in [-0.2, -0.15) is 0 Å². The van der Waals surface area contributed by atoms with Gasteiger partial charge in [0.2, 0.25) is 0 Å². The van der Waals surface area contributed by atoms with Crippen molar-refractivity contribution in [2.24, 2.45) is 0 Å². The van der Waals surface area contributed by atoms with Gasteiger partial charge in [-0.1, -0.05) is 25.1 Å². The van der Waals surface area contributed by atoms with Crippen molar-refractivity contribution in [3.05, 3.63) is 35.4 Å². The first-order chi connectivity index (χ1) is 9.61. The Hall–Kier alpha value is -2.21. The van der Waals surface area contributed by atoms with Crippen LogP contribution >= 0.6 is 12.2 Å². The average molecular weight is 290 g/mol. The van der Waals surface area contributed by atoms with Crippen molar-refractivity contribution in [2.45, 2.75) is 13.3 Å². The highest BCUT2D eigenvalue weighted by atomic mass is 32.1. The molecule has 0 radical (unpaired) electrons. The number of hydrogen-bond donors (Lipinski definition) is 2. The molecule has 1 aromatic carbocycles. The summed E-state index contributed by atoms with van der Waals surface area (Å²) < 4.78 is 5.59. The second-order valence-corrected chi connectivity index (χ2v) is 4.59. The largest absolute Gasteiger partial charge is 0.493 e. The van der Waals surface area contributed by atoms with Gasteiger partial charge < -0.3 is 4.74 Å². The smallest absolute Gasteiger partial charge is 0.263 e. The number of amides is 2. The summed E-state index contributed by atoms with van der Waals surface area (Å²) in [6, 6.07) is 7.23. The van der Waals surface area contributed by atoms with Crippen molar-refractivity contribution in [1.82, 2.24) is 10.6 Å². The Morgan fingerprint density at radius 2 is 1.85 bits per heavy atom. The van der Waals surface area contributed by atoms with E-state index in [9.17, 15) is 9.59 Å². The summed E-state index contributed by atoms with van der Waals surface area (Å²) in [6.07, 6.45) is 2.37. The van der Waals surface area contributed by atoms with Crippen molar-refractivity contribution in [3.63, 3.8) is 0 Å². The van der Waals surface area contributed by atoms with E-state index >= 15 is 0 Å². The van der Waals surface area contributed by atoms with E-state index in [0.29, 0.717) is 17.9 Å². The van der Waals surface area contributed by atoms with Gasteiger partial charge in [-0.15, -0.1) is 0 Å². The number of hydrogen-bond acceptors (Lipinski definition) is 4. The Kier molecular flexibility index (Phi) is 4.47. The lowest BCUT2D eigenvalue weighted by molar-refractivity contribution is -0.123. The lowest BCUT2D eigenvalue weighted by Crippen LogP contribution is -2.51. The summed E-state index contributed by atoms with van der Waals surface area (Å²) in [5, 5.41) is 4.81. The topological polar surface area (TPSA) is 67.4 Å². The van der Waals surface area contributed by atoms with Crippen molar-refractivity contribution < 1.29 is 14.3 Å². The Morgan fingerprint density at radius 1 is 1.20 bits per heavy atom. The fourth-order valence-electron chi connectivity index (χ4n) is 1.71. The Morgan fingerprint density at radius 3 is 2.50 bits per heavy atom. The number of rotatable bonds is 4. The zero-order valence-electron chi connectivity index (χ0n) is 10.9. The first kappa shape index (κ1) is 14.2. The van der Waals surface area contributed by atoms with E-state index in [2.05, 4.69) is 10.6 Å². The van der Waals surface area contributed by atoms with Crippen LogP contribution in [0.4, 0.5) is 0 Å². The van der Waals surface area contributed by atoms with Crippen LogP contribution in [-0.4, -0.2) is 23.5 Å². The molecule has 1 heterocycles. The molecular weight excluding hydrogens is 276 g/mol. The zero-order valence-corrected chi connectivity index (χ0v) is 11.8. The van der Waals surface area contributed by atoms with E-state index in [1.807, 2.05) is 19.1 Å². The highest BCUT2D eigenvalue weighted by molar-refractivity contribution is 7.80. The molecule has 1 saturated heterocycles. The molecule has 1 aliphatic heterocycles. The lowest BCUT2D eigenvalue weighted by atomic mass is 10.1. The predicted molar refractivity (Wildman–Crippen MR) is 79.1 cm³/mol. The molecule has 0 aliphatic carbocycles. The molecule has 0 bridgehead atoms. The van der Waals surface area contributed by atoms with Gasteiger partial charge in [0.05, 0.1) is 6.61 Å². The third kappa shape index (κ3) is 3.21. The Labute approximate surface area is 122 Å². The van der Waals surface area contributed by atoms with Crippen LogP contribution in [0.15, 0.2) is 29.8 Å². The maximum Gasteiger partial charge on any atom is 0.263 e. The highest BCUT2D eigenvalue weighted by Gasteiger charge is 2.25. The minimum absolute atomic E-state index is 0.00569. The molecule has 2 amide bonds. The first-order valence-electron chi connectivity index (χ1n) is 6.22. The molecule has 1 aromatic rings. The second kappa shape index (κ2) is 6.29. The number of carbonyl (C=O) groups is 2. The van der Waals surface area contributed by atoms with Gasteiger partial charge in [0.15, 0.2) is 5.11 Å². The Balaban J connectivity index is 2.32. The number of ether oxygens (including phenoxy) is 1. The quantitative estimate of drug-likeness (QED) is 0.499. The summed E-state index contributed by atoms with van der Waals surface area (Å²) in [4.78, 5) is 23.6. The molecule has 0 unspecified atom stereocenters. The van der Waals surface area contributed by atoms with Crippen LogP contribution in [0.2, 0.25) is 0 Å². The van der Waals surface area contributed by atoms with Crippen molar-refractivity contribution in [2.75, 3.05) is 6.61 Å². The van der Waals surface area contributed by atoms with Crippen LogP contribution < -0.4 is 15.4 Å². The standard InChI is InChI=1S/C14H14N2O3S/c1-2-7-19-11-6-4-3-5-9(11)8-10-12(17)15-14(20)16-13(10)18/h3-6,8H,2,7H2,1H3,(H2,15,16,17,18,20). The maximum atomic E-state index is 11.8. The van der Waals surface area contributed by atoms with Gasteiger partial charge >= 0.3 is 0 Å². The van der Waals surface area contributed by atoms with Gasteiger partial charge in [0.25, 0.3) is 11.8 Å². The second-order valence-electron chi connectivity index (χ2n) is 4.18. The SMILES string of the molecule is CCCOc1ccccc1C=C1C(=O)NC(=S)NC1=O. The Bertz CT molecular complexity index is 574. The molecular formula is C14H14N2O3S. The van der Waals surface area contributed by atoms with Gasteiger partial charge in [-0.25, -0.2) is 0 Å². The molecule has 20 heavy (non-hydrogen) atoms. The molecule has 1 fully saturated rings. The summed E-state index contributed by atoms with van der Waals surface area (Å²) in [7, 11) is 0. The molecule has 0 atom stereocenters. The van der Waals surface area contributed by atoms with Gasteiger partial charge in [-0.05, 0) is 30.8 Å². The minimum atomic E-state index is -0.510. The fourth-order valence-corrected chi connectivity index (χ4v) is 1.89. The summed E-state index contributed by atoms with van der Waals surface area (Å²) in [6.45, 7) is 2.58. The van der Waals surface area contributed by atoms with E-state index in [1.54, 1.807) is 12.1 Å². The maximum absolute atomic E-state index is 11.8. The van der Waals surface area contributed by atoms with Crippen LogP contribution in [0, 0.1) is 0 Å². The number of nitrogens with one attached hydrogen (secondary N) is 2. The van der Waals surface area contributed by atoms with E-state index < -0.39 is 11.8 Å². The number of thiocarbonyl (C=S) groups is 1.